The van der Waals surface area contributed by atoms with Crippen LogP contribution in [0.4, 0.5) is 0 Å². The molecule has 4 aliphatic rings. The zero-order valence-corrected chi connectivity index (χ0v) is 36.6. The highest BCUT2D eigenvalue weighted by atomic mass is 35.5. The number of nitriles is 2. The van der Waals surface area contributed by atoms with Crippen molar-refractivity contribution in [3.8, 4) is 23.6 Å². The number of fused-ring (bicyclic) bond motifs is 2. The number of carbonyl (C=O) groups excluding carboxylic acids is 2. The van der Waals surface area contributed by atoms with Crippen LogP contribution in [0, 0.1) is 45.3 Å². The van der Waals surface area contributed by atoms with Crippen molar-refractivity contribution in [3.63, 3.8) is 0 Å². The molecule has 2 heterocycles. The minimum Gasteiger partial charge on any atom is -0.508 e. The summed E-state index contributed by atoms with van der Waals surface area (Å²) in [5.74, 6) is 1.56. The number of phenolic OH excluding ortho intramolecular Hbond substituents is 1. The van der Waals surface area contributed by atoms with E-state index in [1.807, 2.05) is 54.6 Å². The Labute approximate surface area is 369 Å². The van der Waals surface area contributed by atoms with Crippen LogP contribution in [-0.4, -0.2) is 47.3 Å². The molecule has 4 aromatic rings. The van der Waals surface area contributed by atoms with Crippen molar-refractivity contribution < 1.29 is 24.5 Å². The number of aliphatic hydroxyl groups is 1. The van der Waals surface area contributed by atoms with Gasteiger partial charge in [0.25, 0.3) is 0 Å². The molecular formula is C50H54Cl2N4O5. The minimum absolute atomic E-state index is 0.0450. The number of rotatable bonds is 9. The first kappa shape index (κ1) is 44.0. The molecule has 0 unspecified atom stereocenters. The molecule has 0 radical (unpaired) electrons. The average Bonchev–Trinajstić information content (AvgIpc) is 3.69. The number of ether oxygens (including phenoxy) is 1. The van der Waals surface area contributed by atoms with Gasteiger partial charge in [-0.3, -0.25) is 9.59 Å². The molecule has 8 rings (SSSR count). The first-order valence-corrected chi connectivity index (χ1v) is 22.2. The van der Waals surface area contributed by atoms with Crippen LogP contribution in [0.2, 0.25) is 10.0 Å². The maximum Gasteiger partial charge on any atom is 0.226 e. The Hall–Kier alpha value is -5.06. The summed E-state index contributed by atoms with van der Waals surface area (Å²) in [5, 5.41) is 46.3. The fourth-order valence-electron chi connectivity index (χ4n) is 12.0. The summed E-state index contributed by atoms with van der Waals surface area (Å²) in [7, 11) is 0. The van der Waals surface area contributed by atoms with E-state index < -0.39 is 5.41 Å². The molecule has 0 aromatic heterocycles. The lowest BCUT2D eigenvalue weighted by molar-refractivity contribution is -0.132. The zero-order chi connectivity index (χ0) is 43.6. The molecule has 2 amide bonds. The molecule has 2 aliphatic carbocycles. The van der Waals surface area contributed by atoms with Crippen LogP contribution >= 0.6 is 23.2 Å². The number of hydrogen-bond donors (Lipinski definition) is 4. The van der Waals surface area contributed by atoms with Gasteiger partial charge in [-0.2, -0.15) is 10.5 Å². The van der Waals surface area contributed by atoms with Crippen molar-refractivity contribution in [2.45, 2.75) is 102 Å². The summed E-state index contributed by atoms with van der Waals surface area (Å²) in [6.07, 6.45) is 4.83. The molecule has 9 nitrogen and oxygen atoms in total. The lowest BCUT2D eigenvalue weighted by Gasteiger charge is -2.47. The lowest BCUT2D eigenvalue weighted by Crippen LogP contribution is -2.44. The Morgan fingerprint density at radius 1 is 0.705 bits per heavy atom. The number of aliphatic hydroxyl groups excluding tert-OH is 1. The van der Waals surface area contributed by atoms with E-state index in [9.17, 15) is 25.2 Å². The molecule has 2 aliphatic heterocycles. The number of halogens is 2. The molecule has 10 atom stereocenters. The van der Waals surface area contributed by atoms with E-state index in [2.05, 4.69) is 62.6 Å². The third-order valence-electron chi connectivity index (χ3n) is 14.7. The van der Waals surface area contributed by atoms with E-state index >= 15 is 0 Å². The Balaban J connectivity index is 0.000000185. The molecule has 318 valence electrons. The highest BCUT2D eigenvalue weighted by Gasteiger charge is 2.60. The number of hydrogen-bond acceptors (Lipinski definition) is 7. The largest absolute Gasteiger partial charge is 0.508 e. The van der Waals surface area contributed by atoms with Gasteiger partial charge in [0.1, 0.15) is 18.1 Å². The Kier molecular flexibility index (Phi) is 13.1. The Bertz CT molecular complexity index is 2340. The molecule has 2 saturated heterocycles. The van der Waals surface area contributed by atoms with Crippen LogP contribution in [-0.2, 0) is 9.59 Å². The van der Waals surface area contributed by atoms with Gasteiger partial charge in [0, 0.05) is 34.0 Å². The molecule has 4 aromatic carbocycles. The molecule has 61 heavy (non-hydrogen) atoms. The monoisotopic (exact) mass is 860 g/mol. The van der Waals surface area contributed by atoms with E-state index in [0.717, 1.165) is 60.8 Å². The van der Waals surface area contributed by atoms with E-state index in [4.69, 9.17) is 33.0 Å². The SMILES string of the molecule is CC[C@@]12CC[C@@H](c3ccc(O)cc3C#N)[C@H](c3ccc(Cl)cc3)[C@@H]1[C@@H](C)NC2=O.CC[C@@]12CC[C@@H](c3ccc(OCCO)cc3C#N)[C@H](c3ccc(Cl)cc3)[C@@H]1[C@@H](C)NC2=O. The van der Waals surface area contributed by atoms with Gasteiger partial charge in [0.05, 0.1) is 40.7 Å². The number of aromatic hydroxyl groups is 1. The van der Waals surface area contributed by atoms with Crippen LogP contribution < -0.4 is 15.4 Å². The number of benzene rings is 4. The number of carbonyl (C=O) groups is 2. The summed E-state index contributed by atoms with van der Waals surface area (Å²) in [5.41, 5.74) is 4.53. The van der Waals surface area contributed by atoms with Gasteiger partial charge in [-0.15, -0.1) is 0 Å². The lowest BCUT2D eigenvalue weighted by atomic mass is 9.54. The van der Waals surface area contributed by atoms with Crippen LogP contribution in [0.1, 0.15) is 123 Å². The molecule has 0 spiro atoms. The number of amides is 2. The second kappa shape index (κ2) is 18.1. The predicted molar refractivity (Wildman–Crippen MR) is 237 cm³/mol. The van der Waals surface area contributed by atoms with Gasteiger partial charge in [0.15, 0.2) is 0 Å². The summed E-state index contributed by atoms with van der Waals surface area (Å²) in [4.78, 5) is 26.1. The van der Waals surface area contributed by atoms with Crippen molar-refractivity contribution in [3.05, 3.63) is 128 Å². The third-order valence-corrected chi connectivity index (χ3v) is 15.2. The Morgan fingerprint density at radius 3 is 1.57 bits per heavy atom. The van der Waals surface area contributed by atoms with E-state index in [1.165, 1.54) is 6.07 Å². The number of nitrogens with zero attached hydrogens (tertiary/aromatic N) is 2. The van der Waals surface area contributed by atoms with Gasteiger partial charge < -0.3 is 25.6 Å². The second-order valence-corrected chi connectivity index (χ2v) is 18.2. The standard InChI is InChI=1S/C26H29ClN2O3.C24H25ClN2O2/c1-3-26-11-10-22(21-9-8-20(32-13-12-30)14-18(21)15-28)23(17-4-6-19(27)7-5-17)24(26)16(2)29-25(26)31;1-3-24-11-10-20(19-9-8-18(28)12-16(19)13-26)21(15-4-6-17(25)7-5-15)22(24)14(2)27-23(24)29/h4-9,14,16,22-24,30H,3,10-13H2,1-2H3,(H,29,31);4-9,12,14,20-22,28H,3,10-11H2,1-2H3,(H,27,29)/t16-,22+,23+,24+,26-;14-,20+,21+,22+,24-/m11/s1. The van der Waals surface area contributed by atoms with Crippen molar-refractivity contribution >= 4 is 35.0 Å². The predicted octanol–water partition coefficient (Wildman–Crippen LogP) is 9.88. The summed E-state index contributed by atoms with van der Waals surface area (Å²) in [6.45, 7) is 8.51. The normalized spacial score (nSPS) is 30.0. The van der Waals surface area contributed by atoms with Crippen molar-refractivity contribution in [1.29, 1.82) is 10.5 Å². The zero-order valence-electron chi connectivity index (χ0n) is 35.1. The summed E-state index contributed by atoms with van der Waals surface area (Å²) in [6, 6.07) is 31.2. The average molecular weight is 862 g/mol. The molecule has 11 heteroatoms. The van der Waals surface area contributed by atoms with E-state index in [1.54, 1.807) is 12.1 Å². The summed E-state index contributed by atoms with van der Waals surface area (Å²) < 4.78 is 5.53. The van der Waals surface area contributed by atoms with Crippen molar-refractivity contribution in [2.24, 2.45) is 22.7 Å². The van der Waals surface area contributed by atoms with Crippen LogP contribution in [0.5, 0.6) is 11.5 Å². The Morgan fingerprint density at radius 2 is 1.15 bits per heavy atom. The minimum atomic E-state index is -0.392. The molecule has 2 saturated carbocycles. The molecule has 0 bridgehead atoms. The fraction of sp³-hybridized carbons (Fsp3) is 0.440. The van der Waals surface area contributed by atoms with Gasteiger partial charge in [-0.1, -0.05) is 73.4 Å². The van der Waals surface area contributed by atoms with Crippen LogP contribution in [0.25, 0.3) is 0 Å². The van der Waals surface area contributed by atoms with Gasteiger partial charge in [-0.25, -0.2) is 0 Å². The van der Waals surface area contributed by atoms with Gasteiger partial charge in [-0.05, 0) is 147 Å². The second-order valence-electron chi connectivity index (χ2n) is 17.4. The third kappa shape index (κ3) is 7.98. The highest BCUT2D eigenvalue weighted by Crippen LogP contribution is 2.62. The maximum absolute atomic E-state index is 13.1. The maximum atomic E-state index is 13.1. The first-order chi connectivity index (χ1) is 29.4. The van der Waals surface area contributed by atoms with Crippen molar-refractivity contribution in [2.75, 3.05) is 13.2 Å². The van der Waals surface area contributed by atoms with Crippen molar-refractivity contribution in [1.82, 2.24) is 10.6 Å². The number of nitrogens with one attached hydrogen (secondary N) is 2. The first-order valence-electron chi connectivity index (χ1n) is 21.5. The molecule has 4 N–H and O–H groups in total. The summed E-state index contributed by atoms with van der Waals surface area (Å²) >= 11 is 12.3. The highest BCUT2D eigenvalue weighted by molar-refractivity contribution is 6.30. The smallest absolute Gasteiger partial charge is 0.226 e. The van der Waals surface area contributed by atoms with E-state index in [0.29, 0.717) is 26.9 Å². The van der Waals surface area contributed by atoms with Gasteiger partial charge in [0.2, 0.25) is 11.8 Å². The van der Waals surface area contributed by atoms with E-state index in [-0.39, 0.29) is 83.8 Å². The fourth-order valence-corrected chi connectivity index (χ4v) is 12.2. The van der Waals surface area contributed by atoms with Crippen LogP contribution in [0.15, 0.2) is 84.9 Å². The van der Waals surface area contributed by atoms with Gasteiger partial charge >= 0.3 is 0 Å². The van der Waals surface area contributed by atoms with Crippen LogP contribution in [0.3, 0.4) is 0 Å². The molecule has 4 fully saturated rings. The quantitative estimate of drug-likeness (QED) is 0.131. The topological polar surface area (TPSA) is 155 Å². The molecular weight excluding hydrogens is 807 g/mol. The number of phenols is 1.